The molecule has 3 aromatic rings. The normalized spacial score (nSPS) is 12.5. The number of carboxylic acids is 1. The van der Waals surface area contributed by atoms with Gasteiger partial charge in [0.25, 0.3) is 0 Å². The maximum atomic E-state index is 13.3. The first-order chi connectivity index (χ1) is 17.7. The van der Waals surface area contributed by atoms with Crippen molar-refractivity contribution >= 4 is 40.6 Å². The summed E-state index contributed by atoms with van der Waals surface area (Å²) in [5.74, 6) is -1.78. The molecule has 200 valence electrons. The number of hydrazine groups is 1. The zero-order valence-electron chi connectivity index (χ0n) is 22.4. The number of hydrogen-bond acceptors (Lipinski definition) is 7. The zero-order valence-corrected chi connectivity index (χ0v) is 22.4. The molecule has 0 saturated carbocycles. The van der Waals surface area contributed by atoms with E-state index in [2.05, 4.69) is 17.0 Å². The van der Waals surface area contributed by atoms with Crippen molar-refractivity contribution in [2.45, 2.75) is 58.8 Å². The molecule has 0 saturated heterocycles. The highest BCUT2D eigenvalue weighted by Crippen LogP contribution is 2.27. The lowest BCUT2D eigenvalue weighted by atomic mass is 10.0. The minimum atomic E-state index is -1.28. The molecule has 9 heteroatoms. The summed E-state index contributed by atoms with van der Waals surface area (Å²) in [6.07, 6.45) is 2.27. The Morgan fingerprint density at radius 1 is 1.00 bits per heavy atom. The number of hydrogen-bond donors (Lipinski definition) is 2. The van der Waals surface area contributed by atoms with Gasteiger partial charge in [-0.2, -0.15) is 0 Å². The molecule has 0 spiro atoms. The van der Waals surface area contributed by atoms with Crippen LogP contribution in [0.5, 0.6) is 0 Å². The third-order valence-corrected chi connectivity index (χ3v) is 5.16. The van der Waals surface area contributed by atoms with E-state index in [0.29, 0.717) is 22.0 Å². The Hall–Kier alpha value is -4.24. The number of benzene rings is 2. The number of ether oxygens (including phenoxy) is 2. The summed E-state index contributed by atoms with van der Waals surface area (Å²) in [6.45, 7) is 14.2. The Morgan fingerprint density at radius 3 is 2.29 bits per heavy atom. The third-order valence-electron chi connectivity index (χ3n) is 5.16. The van der Waals surface area contributed by atoms with Gasteiger partial charge < -0.3 is 14.6 Å². The quantitative estimate of drug-likeness (QED) is 0.292. The van der Waals surface area contributed by atoms with E-state index in [1.54, 1.807) is 96.1 Å². The van der Waals surface area contributed by atoms with Gasteiger partial charge in [0.05, 0.1) is 5.69 Å². The van der Waals surface area contributed by atoms with E-state index in [1.165, 1.54) is 6.20 Å². The molecule has 1 unspecified atom stereocenters. The number of carbonyl (C=O) groups is 3. The molecule has 0 aliphatic rings. The van der Waals surface area contributed by atoms with Crippen molar-refractivity contribution in [1.82, 2.24) is 10.4 Å². The summed E-state index contributed by atoms with van der Waals surface area (Å²) in [4.78, 5) is 42.5. The molecule has 0 aliphatic heterocycles. The van der Waals surface area contributed by atoms with Crippen LogP contribution >= 0.6 is 0 Å². The SMILES string of the molecule is C=Cc1cccc(C(NN(C(=O)OC(C)(C)C)c2ccc3c(C(=O)OC(C)(C)C)nccc3c2)C(=O)O)c1. The van der Waals surface area contributed by atoms with Gasteiger partial charge in [-0.3, -0.25) is 4.79 Å². The number of rotatable bonds is 7. The van der Waals surface area contributed by atoms with Gasteiger partial charge in [0.15, 0.2) is 5.69 Å². The highest BCUT2D eigenvalue weighted by atomic mass is 16.6. The van der Waals surface area contributed by atoms with Gasteiger partial charge in [0, 0.05) is 11.6 Å². The van der Waals surface area contributed by atoms with Crippen LogP contribution in [0.2, 0.25) is 0 Å². The van der Waals surface area contributed by atoms with E-state index >= 15 is 0 Å². The minimum absolute atomic E-state index is 0.130. The summed E-state index contributed by atoms with van der Waals surface area (Å²) < 4.78 is 11.1. The molecule has 2 aromatic carbocycles. The predicted molar refractivity (Wildman–Crippen MR) is 146 cm³/mol. The van der Waals surface area contributed by atoms with Crippen molar-refractivity contribution in [3.8, 4) is 0 Å². The van der Waals surface area contributed by atoms with Crippen molar-refractivity contribution in [1.29, 1.82) is 0 Å². The van der Waals surface area contributed by atoms with Gasteiger partial charge in [-0.15, -0.1) is 0 Å². The van der Waals surface area contributed by atoms with E-state index in [1.807, 2.05) is 0 Å². The van der Waals surface area contributed by atoms with Crippen LogP contribution in [0, 0.1) is 0 Å². The number of esters is 1. The Balaban J connectivity index is 2.08. The summed E-state index contributed by atoms with van der Waals surface area (Å²) in [5.41, 5.74) is 2.85. The second-order valence-electron chi connectivity index (χ2n) is 10.7. The van der Waals surface area contributed by atoms with Crippen LogP contribution in [0.4, 0.5) is 10.5 Å². The molecule has 1 amide bonds. The van der Waals surface area contributed by atoms with Gasteiger partial charge >= 0.3 is 18.0 Å². The Bertz CT molecular complexity index is 1370. The maximum Gasteiger partial charge on any atom is 0.429 e. The monoisotopic (exact) mass is 519 g/mol. The molecule has 38 heavy (non-hydrogen) atoms. The molecule has 9 nitrogen and oxygen atoms in total. The predicted octanol–water partition coefficient (Wildman–Crippen LogP) is 5.91. The average Bonchev–Trinajstić information content (AvgIpc) is 2.81. The Labute approximate surface area is 222 Å². The van der Waals surface area contributed by atoms with Crippen LogP contribution in [0.3, 0.4) is 0 Å². The van der Waals surface area contributed by atoms with Gasteiger partial charge in [-0.1, -0.05) is 30.9 Å². The summed E-state index contributed by atoms with van der Waals surface area (Å²) in [5, 5.41) is 12.2. The molecule has 2 N–H and O–H groups in total. The van der Waals surface area contributed by atoms with Gasteiger partial charge in [-0.25, -0.2) is 25.0 Å². The number of carbonyl (C=O) groups excluding carboxylic acids is 2. The topological polar surface area (TPSA) is 118 Å². The summed E-state index contributed by atoms with van der Waals surface area (Å²) in [6, 6.07) is 12.1. The van der Waals surface area contributed by atoms with Crippen molar-refractivity contribution in [2.75, 3.05) is 5.01 Å². The number of anilines is 1. The molecule has 3 rings (SSSR count). The first-order valence-electron chi connectivity index (χ1n) is 12.0. The molecule has 1 atom stereocenters. The maximum absolute atomic E-state index is 13.3. The van der Waals surface area contributed by atoms with Crippen molar-refractivity contribution in [2.24, 2.45) is 0 Å². The van der Waals surface area contributed by atoms with Gasteiger partial charge in [0.2, 0.25) is 0 Å². The standard InChI is InChI=1S/C29H33N3O6/c1-8-18-10-9-11-20(16-18)23(25(33)34)31-32(27(36)38-29(5,6)7)21-12-13-22-19(17-21)14-15-30-24(22)26(35)37-28(2,3)4/h8-17,23,31H,1H2,2-7H3,(H,33,34). The number of nitrogens with one attached hydrogen (secondary N) is 1. The fraction of sp³-hybridized carbons (Fsp3) is 0.310. The van der Waals surface area contributed by atoms with Crippen LogP contribution < -0.4 is 10.4 Å². The van der Waals surface area contributed by atoms with Gasteiger partial charge in [-0.05, 0) is 88.4 Å². The van der Waals surface area contributed by atoms with Gasteiger partial charge in [0.1, 0.15) is 17.2 Å². The number of amides is 1. The highest BCUT2D eigenvalue weighted by molar-refractivity contribution is 6.04. The van der Waals surface area contributed by atoms with Crippen LogP contribution in [-0.2, 0) is 14.3 Å². The van der Waals surface area contributed by atoms with Crippen LogP contribution in [0.1, 0.15) is 69.2 Å². The first kappa shape index (κ1) is 28.3. The third kappa shape index (κ3) is 7.17. The lowest BCUT2D eigenvalue weighted by Crippen LogP contribution is -2.49. The molecule has 0 radical (unpaired) electrons. The minimum Gasteiger partial charge on any atom is -0.480 e. The number of aliphatic carboxylic acids is 1. The van der Waals surface area contributed by atoms with Crippen LogP contribution in [-0.4, -0.2) is 39.3 Å². The van der Waals surface area contributed by atoms with Crippen molar-refractivity contribution < 1.29 is 29.0 Å². The molecular weight excluding hydrogens is 486 g/mol. The van der Waals surface area contributed by atoms with E-state index in [-0.39, 0.29) is 5.69 Å². The smallest absolute Gasteiger partial charge is 0.429 e. The van der Waals surface area contributed by atoms with Crippen molar-refractivity contribution in [3.05, 3.63) is 78.1 Å². The zero-order chi connectivity index (χ0) is 28.3. The number of carboxylic acid groups (broad SMARTS) is 1. The molecule has 0 fully saturated rings. The molecular formula is C29H33N3O6. The lowest BCUT2D eigenvalue weighted by Gasteiger charge is -2.30. The van der Waals surface area contributed by atoms with E-state index < -0.39 is 35.3 Å². The van der Waals surface area contributed by atoms with Crippen molar-refractivity contribution in [3.63, 3.8) is 0 Å². The largest absolute Gasteiger partial charge is 0.480 e. The summed E-state index contributed by atoms with van der Waals surface area (Å²) >= 11 is 0. The average molecular weight is 520 g/mol. The van der Waals surface area contributed by atoms with Crippen LogP contribution in [0.15, 0.2) is 61.3 Å². The molecule has 1 aromatic heterocycles. The number of pyridine rings is 1. The molecule has 1 heterocycles. The lowest BCUT2D eigenvalue weighted by molar-refractivity contribution is -0.139. The molecule has 0 bridgehead atoms. The highest BCUT2D eigenvalue weighted by Gasteiger charge is 2.30. The van der Waals surface area contributed by atoms with E-state index in [0.717, 1.165) is 10.6 Å². The first-order valence-corrected chi connectivity index (χ1v) is 12.0. The number of nitrogens with zero attached hydrogens (tertiary/aromatic N) is 2. The molecule has 0 aliphatic carbocycles. The van der Waals surface area contributed by atoms with Crippen LogP contribution in [0.25, 0.3) is 16.8 Å². The van der Waals surface area contributed by atoms with E-state index in [4.69, 9.17) is 9.47 Å². The Morgan fingerprint density at radius 2 is 1.68 bits per heavy atom. The number of aromatic nitrogens is 1. The summed E-state index contributed by atoms with van der Waals surface area (Å²) in [7, 11) is 0. The number of fused-ring (bicyclic) bond motifs is 1. The second-order valence-corrected chi connectivity index (χ2v) is 10.7. The second kappa shape index (κ2) is 11.0. The van der Waals surface area contributed by atoms with E-state index in [9.17, 15) is 19.5 Å². The fourth-order valence-corrected chi connectivity index (χ4v) is 3.60. The Kier molecular flexibility index (Phi) is 8.22. The fourth-order valence-electron chi connectivity index (χ4n) is 3.60.